The van der Waals surface area contributed by atoms with Crippen molar-refractivity contribution in [2.45, 2.75) is 50.7 Å². The van der Waals surface area contributed by atoms with E-state index in [2.05, 4.69) is 30.8 Å². The van der Waals surface area contributed by atoms with E-state index < -0.39 is 0 Å². The predicted octanol–water partition coefficient (Wildman–Crippen LogP) is 1.55. The van der Waals surface area contributed by atoms with E-state index in [1.165, 1.54) is 25.7 Å². The molecule has 0 aliphatic heterocycles. The van der Waals surface area contributed by atoms with Gasteiger partial charge in [0.15, 0.2) is 0 Å². The maximum Gasteiger partial charge on any atom is 0.0767 e. The van der Waals surface area contributed by atoms with Gasteiger partial charge < -0.3 is 15.4 Å². The molecule has 0 aromatic rings. The Balaban J connectivity index is 2.71. The monoisotopic (exact) mass is 271 g/mol. The van der Waals surface area contributed by atoms with Crippen LogP contribution in [0.5, 0.6) is 0 Å². The van der Waals surface area contributed by atoms with Gasteiger partial charge in [-0.05, 0) is 46.4 Å². The van der Waals surface area contributed by atoms with Crippen LogP contribution in [0.1, 0.15) is 39.0 Å². The van der Waals surface area contributed by atoms with Gasteiger partial charge in [-0.25, -0.2) is 0 Å². The average Bonchev–Trinajstić information content (AvgIpc) is 2.43. The molecule has 2 N–H and O–H groups in total. The van der Waals surface area contributed by atoms with Crippen LogP contribution in [0.25, 0.3) is 0 Å². The maximum atomic E-state index is 6.18. The summed E-state index contributed by atoms with van der Waals surface area (Å²) in [4.78, 5) is 4.82. The summed E-state index contributed by atoms with van der Waals surface area (Å²) < 4.78 is 5.78. The molecule has 0 radical (unpaired) electrons. The Morgan fingerprint density at radius 1 is 1.26 bits per heavy atom. The van der Waals surface area contributed by atoms with Gasteiger partial charge in [-0.1, -0.05) is 19.8 Å². The molecule has 114 valence electrons. The van der Waals surface area contributed by atoms with Crippen molar-refractivity contribution in [1.82, 2.24) is 9.80 Å². The van der Waals surface area contributed by atoms with Crippen LogP contribution in [-0.2, 0) is 4.74 Å². The van der Waals surface area contributed by atoms with Crippen LogP contribution in [0.2, 0.25) is 0 Å². The van der Waals surface area contributed by atoms with Crippen LogP contribution in [0.4, 0.5) is 0 Å². The normalized spacial score (nSPS) is 28.3. The second kappa shape index (κ2) is 8.20. The highest BCUT2D eigenvalue weighted by molar-refractivity contribution is 5.01. The average molecular weight is 271 g/mol. The Morgan fingerprint density at radius 3 is 2.53 bits per heavy atom. The molecule has 0 bridgehead atoms. The molecular weight excluding hydrogens is 238 g/mol. The molecule has 1 aliphatic carbocycles. The number of nitrogens with two attached hydrogens (primary N) is 1. The summed E-state index contributed by atoms with van der Waals surface area (Å²) in [6.07, 6.45) is 6.37. The maximum absolute atomic E-state index is 6.18. The van der Waals surface area contributed by atoms with Gasteiger partial charge in [0.1, 0.15) is 0 Å². The lowest BCUT2D eigenvalue weighted by Crippen LogP contribution is -2.63. The van der Waals surface area contributed by atoms with Gasteiger partial charge in [0.05, 0.1) is 11.6 Å². The van der Waals surface area contributed by atoms with E-state index in [9.17, 15) is 0 Å². The predicted molar refractivity (Wildman–Crippen MR) is 81.5 cm³/mol. The van der Waals surface area contributed by atoms with Gasteiger partial charge in [0, 0.05) is 20.2 Å². The lowest BCUT2D eigenvalue weighted by atomic mass is 9.77. The second-order valence-corrected chi connectivity index (χ2v) is 6.01. The van der Waals surface area contributed by atoms with Crippen molar-refractivity contribution in [3.63, 3.8) is 0 Å². The van der Waals surface area contributed by atoms with Crippen LogP contribution in [0, 0.1) is 0 Å². The van der Waals surface area contributed by atoms with Crippen LogP contribution < -0.4 is 5.73 Å². The number of methoxy groups -OCH3 is 1. The molecule has 2 unspecified atom stereocenters. The summed E-state index contributed by atoms with van der Waals surface area (Å²) in [6.45, 7) is 6.26. The zero-order valence-corrected chi connectivity index (χ0v) is 13.3. The third-order valence-corrected chi connectivity index (χ3v) is 4.61. The molecule has 0 spiro atoms. The summed E-state index contributed by atoms with van der Waals surface area (Å²) >= 11 is 0. The molecule has 1 rings (SSSR count). The van der Waals surface area contributed by atoms with Gasteiger partial charge in [-0.15, -0.1) is 0 Å². The van der Waals surface area contributed by atoms with Crippen LogP contribution in [0.15, 0.2) is 0 Å². The molecule has 0 aromatic carbocycles. The van der Waals surface area contributed by atoms with Gasteiger partial charge >= 0.3 is 0 Å². The highest BCUT2D eigenvalue weighted by Gasteiger charge is 2.43. The molecule has 1 aliphatic rings. The minimum Gasteiger partial charge on any atom is -0.379 e. The van der Waals surface area contributed by atoms with Crippen molar-refractivity contribution in [3.05, 3.63) is 0 Å². The summed E-state index contributed by atoms with van der Waals surface area (Å²) in [6, 6.07) is 0. The van der Waals surface area contributed by atoms with Crippen LogP contribution >= 0.6 is 0 Å². The lowest BCUT2D eigenvalue weighted by Gasteiger charge is -2.50. The molecule has 0 saturated heterocycles. The van der Waals surface area contributed by atoms with Crippen LogP contribution in [0.3, 0.4) is 0 Å². The van der Waals surface area contributed by atoms with Crippen molar-refractivity contribution in [1.29, 1.82) is 0 Å². The lowest BCUT2D eigenvalue weighted by molar-refractivity contribution is -0.0744. The van der Waals surface area contributed by atoms with Gasteiger partial charge in [-0.2, -0.15) is 0 Å². The van der Waals surface area contributed by atoms with E-state index in [1.807, 2.05) is 7.11 Å². The third kappa shape index (κ3) is 4.15. The number of rotatable bonds is 8. The van der Waals surface area contributed by atoms with E-state index in [0.29, 0.717) is 12.6 Å². The van der Waals surface area contributed by atoms with E-state index in [1.54, 1.807) is 0 Å². The zero-order chi connectivity index (χ0) is 14.3. The Bertz CT molecular complexity index is 248. The first kappa shape index (κ1) is 16.9. The van der Waals surface area contributed by atoms with E-state index in [0.717, 1.165) is 26.1 Å². The molecule has 4 nitrogen and oxygen atoms in total. The first-order valence-corrected chi connectivity index (χ1v) is 7.73. The van der Waals surface area contributed by atoms with Crippen molar-refractivity contribution >= 4 is 0 Å². The Labute approximate surface area is 119 Å². The fraction of sp³-hybridized carbons (Fsp3) is 1.00. The molecule has 0 heterocycles. The highest BCUT2D eigenvalue weighted by Crippen LogP contribution is 2.35. The summed E-state index contributed by atoms with van der Waals surface area (Å²) in [5.74, 6) is 0. The minimum atomic E-state index is 0.0636. The standard InChI is InChI=1S/C15H33N3O/c1-5-18(12-8-11-17(2)3)15(13-16)10-7-6-9-14(15)19-4/h14H,5-13,16H2,1-4H3. The summed E-state index contributed by atoms with van der Waals surface area (Å²) in [5.41, 5.74) is 6.24. The van der Waals surface area contributed by atoms with Gasteiger partial charge in [0.25, 0.3) is 0 Å². The molecule has 2 atom stereocenters. The van der Waals surface area contributed by atoms with Crippen molar-refractivity contribution in [3.8, 4) is 0 Å². The SMILES string of the molecule is CCN(CCCN(C)C)C1(CN)CCCCC1OC. The molecule has 0 amide bonds. The first-order chi connectivity index (χ1) is 9.10. The fourth-order valence-corrected chi connectivity index (χ4v) is 3.53. The molecular formula is C15H33N3O. The summed E-state index contributed by atoms with van der Waals surface area (Å²) in [5, 5.41) is 0. The smallest absolute Gasteiger partial charge is 0.0767 e. The zero-order valence-electron chi connectivity index (χ0n) is 13.3. The minimum absolute atomic E-state index is 0.0636. The first-order valence-electron chi connectivity index (χ1n) is 7.73. The topological polar surface area (TPSA) is 41.7 Å². The van der Waals surface area contributed by atoms with Crippen LogP contribution in [-0.4, -0.2) is 68.8 Å². The largest absolute Gasteiger partial charge is 0.379 e. The molecule has 19 heavy (non-hydrogen) atoms. The Kier molecular flexibility index (Phi) is 7.29. The number of ether oxygens (including phenoxy) is 1. The number of nitrogens with zero attached hydrogens (tertiary/aromatic N) is 2. The number of likely N-dealkylation sites (N-methyl/N-ethyl adjacent to an activating group) is 1. The van der Waals surface area contributed by atoms with Crippen molar-refractivity contribution in [2.75, 3.05) is 47.4 Å². The second-order valence-electron chi connectivity index (χ2n) is 6.01. The quantitative estimate of drug-likeness (QED) is 0.727. The number of hydrogen-bond acceptors (Lipinski definition) is 4. The van der Waals surface area contributed by atoms with E-state index in [-0.39, 0.29) is 5.54 Å². The van der Waals surface area contributed by atoms with Gasteiger partial charge in [0.2, 0.25) is 0 Å². The molecule has 4 heteroatoms. The Hall–Kier alpha value is -0.160. The van der Waals surface area contributed by atoms with E-state index >= 15 is 0 Å². The Morgan fingerprint density at radius 2 is 2.00 bits per heavy atom. The molecule has 0 aromatic heterocycles. The number of hydrogen-bond donors (Lipinski definition) is 1. The highest BCUT2D eigenvalue weighted by atomic mass is 16.5. The third-order valence-electron chi connectivity index (χ3n) is 4.61. The van der Waals surface area contributed by atoms with Crippen molar-refractivity contribution in [2.24, 2.45) is 5.73 Å². The molecule has 1 fully saturated rings. The van der Waals surface area contributed by atoms with Crippen molar-refractivity contribution < 1.29 is 4.74 Å². The van der Waals surface area contributed by atoms with Gasteiger partial charge in [-0.3, -0.25) is 4.90 Å². The molecule has 1 saturated carbocycles. The summed E-state index contributed by atoms with van der Waals surface area (Å²) in [7, 11) is 6.11. The van der Waals surface area contributed by atoms with E-state index in [4.69, 9.17) is 10.5 Å². The fourth-order valence-electron chi connectivity index (χ4n) is 3.53.